The van der Waals surface area contributed by atoms with Gasteiger partial charge in [-0.2, -0.15) is 4.98 Å². The van der Waals surface area contributed by atoms with Crippen molar-refractivity contribution < 1.29 is 9.90 Å². The zero-order chi connectivity index (χ0) is 15.7. The van der Waals surface area contributed by atoms with Crippen molar-refractivity contribution in [2.45, 2.75) is 13.5 Å². The number of pyridine rings is 1. The van der Waals surface area contributed by atoms with Crippen LogP contribution in [0.25, 0.3) is 5.65 Å². The van der Waals surface area contributed by atoms with Crippen LogP contribution in [-0.4, -0.2) is 20.4 Å². The molecule has 0 unspecified atom stereocenters. The second-order valence-corrected chi connectivity index (χ2v) is 5.79. The summed E-state index contributed by atoms with van der Waals surface area (Å²) in [6.07, 6.45) is 1.52. The van der Waals surface area contributed by atoms with E-state index in [1.807, 2.05) is 17.5 Å². The Morgan fingerprint density at radius 3 is 2.95 bits per heavy atom. The Balaban J connectivity index is 2.00. The maximum Gasteiger partial charge on any atom is 0.274 e. The van der Waals surface area contributed by atoms with Gasteiger partial charge in [0, 0.05) is 11.1 Å². The van der Waals surface area contributed by atoms with Crippen molar-refractivity contribution in [3.63, 3.8) is 0 Å². The highest BCUT2D eigenvalue weighted by atomic mass is 32.1. The minimum Gasteiger partial charge on any atom is -0.493 e. The Morgan fingerprint density at radius 2 is 2.23 bits per heavy atom. The third-order valence-corrected chi connectivity index (χ3v) is 4.14. The fraction of sp³-hybridized carbons (Fsp3) is 0.133. The topological polar surface area (TPSA) is 83.7 Å². The number of aromatic hydroxyl groups is 1. The Hall–Kier alpha value is -2.67. The summed E-state index contributed by atoms with van der Waals surface area (Å²) in [5.74, 6) is -1.19. The van der Waals surface area contributed by atoms with E-state index in [0.717, 1.165) is 10.4 Å². The van der Waals surface area contributed by atoms with Gasteiger partial charge in [-0.1, -0.05) is 12.1 Å². The standard InChI is InChI=1S/C15H13N3O3S/c1-9-4-2-6-18-12(9)17-14(20)11(15(18)21)13(19)16-8-10-5-3-7-22-10/h2-7,20H,8H2,1H3,(H,16,19). The second-order valence-electron chi connectivity index (χ2n) is 4.76. The number of carbonyl (C=O) groups excluding carboxylic acids is 1. The molecule has 0 atom stereocenters. The molecule has 0 bridgehead atoms. The van der Waals surface area contributed by atoms with Gasteiger partial charge in [0.25, 0.3) is 11.5 Å². The molecule has 0 aliphatic carbocycles. The minimum atomic E-state index is -0.640. The molecule has 0 aliphatic heterocycles. The molecular formula is C15H13N3O3S. The predicted octanol–water partition coefficient (Wildman–Crippen LogP) is 1.70. The molecule has 1 amide bonds. The van der Waals surface area contributed by atoms with Crippen molar-refractivity contribution in [2.75, 3.05) is 0 Å². The van der Waals surface area contributed by atoms with Crippen LogP contribution in [0.5, 0.6) is 5.88 Å². The summed E-state index contributed by atoms with van der Waals surface area (Å²) >= 11 is 1.50. The maximum atomic E-state index is 12.4. The molecule has 3 aromatic rings. The highest BCUT2D eigenvalue weighted by Crippen LogP contribution is 2.14. The lowest BCUT2D eigenvalue weighted by Gasteiger charge is -2.08. The van der Waals surface area contributed by atoms with Crippen LogP contribution in [0.2, 0.25) is 0 Å². The zero-order valence-electron chi connectivity index (χ0n) is 11.7. The number of hydrogen-bond acceptors (Lipinski definition) is 5. The van der Waals surface area contributed by atoms with Gasteiger partial charge in [0.1, 0.15) is 5.65 Å². The SMILES string of the molecule is Cc1cccn2c(=O)c(C(=O)NCc3cccs3)c(O)nc12. The van der Waals surface area contributed by atoms with E-state index in [1.54, 1.807) is 19.1 Å². The van der Waals surface area contributed by atoms with Crippen molar-refractivity contribution >= 4 is 22.9 Å². The first kappa shape index (κ1) is 14.3. The van der Waals surface area contributed by atoms with Crippen molar-refractivity contribution in [3.8, 4) is 5.88 Å². The number of carbonyl (C=O) groups is 1. The first-order chi connectivity index (χ1) is 10.6. The van der Waals surface area contributed by atoms with Crippen LogP contribution in [0.4, 0.5) is 0 Å². The Bertz CT molecular complexity index is 900. The lowest BCUT2D eigenvalue weighted by atomic mass is 10.2. The summed E-state index contributed by atoms with van der Waals surface area (Å²) in [7, 11) is 0. The summed E-state index contributed by atoms with van der Waals surface area (Å²) in [4.78, 5) is 29.5. The number of thiophene rings is 1. The number of aromatic nitrogens is 2. The monoisotopic (exact) mass is 315 g/mol. The molecule has 0 saturated heterocycles. The molecule has 0 radical (unpaired) electrons. The normalized spacial score (nSPS) is 10.8. The molecule has 3 aromatic heterocycles. The number of nitrogens with one attached hydrogen (secondary N) is 1. The fourth-order valence-electron chi connectivity index (χ4n) is 2.15. The molecule has 7 heteroatoms. The number of nitrogens with zero attached hydrogens (tertiary/aromatic N) is 2. The molecule has 22 heavy (non-hydrogen) atoms. The molecule has 3 rings (SSSR count). The molecule has 0 spiro atoms. The highest BCUT2D eigenvalue weighted by molar-refractivity contribution is 7.09. The Kier molecular flexibility index (Phi) is 3.64. The average molecular weight is 315 g/mol. The quantitative estimate of drug-likeness (QED) is 0.770. The van der Waals surface area contributed by atoms with E-state index in [4.69, 9.17) is 0 Å². The van der Waals surface area contributed by atoms with Crippen LogP contribution >= 0.6 is 11.3 Å². The van der Waals surface area contributed by atoms with E-state index in [9.17, 15) is 14.7 Å². The first-order valence-corrected chi connectivity index (χ1v) is 7.47. The molecule has 112 valence electrons. The number of hydrogen-bond donors (Lipinski definition) is 2. The number of rotatable bonds is 3. The fourth-order valence-corrected chi connectivity index (χ4v) is 2.80. The van der Waals surface area contributed by atoms with Crippen LogP contribution in [0, 0.1) is 6.92 Å². The van der Waals surface area contributed by atoms with Crippen LogP contribution in [0.3, 0.4) is 0 Å². The summed E-state index contributed by atoms with van der Waals surface area (Å²) in [6.45, 7) is 2.07. The highest BCUT2D eigenvalue weighted by Gasteiger charge is 2.20. The van der Waals surface area contributed by atoms with Crippen LogP contribution in [0.15, 0.2) is 40.6 Å². The minimum absolute atomic E-state index is 0.298. The van der Waals surface area contributed by atoms with Crippen LogP contribution in [0.1, 0.15) is 20.8 Å². The largest absolute Gasteiger partial charge is 0.493 e. The lowest BCUT2D eigenvalue weighted by molar-refractivity contribution is 0.0946. The summed E-state index contributed by atoms with van der Waals surface area (Å²) in [6, 6.07) is 7.21. The zero-order valence-corrected chi connectivity index (χ0v) is 12.6. The van der Waals surface area contributed by atoms with Gasteiger partial charge >= 0.3 is 0 Å². The third-order valence-electron chi connectivity index (χ3n) is 3.26. The second kappa shape index (κ2) is 5.61. The van der Waals surface area contributed by atoms with Gasteiger partial charge in [-0.05, 0) is 30.0 Å². The molecule has 0 saturated carbocycles. The maximum absolute atomic E-state index is 12.4. The Morgan fingerprint density at radius 1 is 1.41 bits per heavy atom. The van der Waals surface area contributed by atoms with E-state index in [2.05, 4.69) is 10.3 Å². The van der Waals surface area contributed by atoms with E-state index >= 15 is 0 Å². The smallest absolute Gasteiger partial charge is 0.274 e. The molecular weight excluding hydrogens is 302 g/mol. The van der Waals surface area contributed by atoms with Gasteiger partial charge in [-0.25, -0.2) is 0 Å². The average Bonchev–Trinajstić information content (AvgIpc) is 3.00. The van der Waals surface area contributed by atoms with Gasteiger partial charge in [-0.3, -0.25) is 14.0 Å². The molecule has 2 N–H and O–H groups in total. The number of amides is 1. The van der Waals surface area contributed by atoms with E-state index < -0.39 is 17.3 Å². The van der Waals surface area contributed by atoms with Crippen LogP contribution < -0.4 is 10.9 Å². The van der Waals surface area contributed by atoms with E-state index in [-0.39, 0.29) is 5.56 Å². The molecule has 0 aromatic carbocycles. The van der Waals surface area contributed by atoms with E-state index in [0.29, 0.717) is 12.2 Å². The van der Waals surface area contributed by atoms with Crippen molar-refractivity contribution in [1.29, 1.82) is 0 Å². The summed E-state index contributed by atoms with van der Waals surface area (Å²) < 4.78 is 1.26. The van der Waals surface area contributed by atoms with Gasteiger partial charge in [0.05, 0.1) is 6.54 Å². The molecule has 0 fully saturated rings. The summed E-state index contributed by atoms with van der Waals surface area (Å²) in [5, 5.41) is 14.5. The van der Waals surface area contributed by atoms with Gasteiger partial charge in [0.15, 0.2) is 5.56 Å². The molecule has 0 aliphatic rings. The molecule has 3 heterocycles. The van der Waals surface area contributed by atoms with Gasteiger partial charge in [-0.15, -0.1) is 11.3 Å². The third kappa shape index (κ3) is 2.46. The van der Waals surface area contributed by atoms with Gasteiger partial charge in [0.2, 0.25) is 5.88 Å². The predicted molar refractivity (Wildman–Crippen MR) is 83.4 cm³/mol. The number of fused-ring (bicyclic) bond motifs is 1. The lowest BCUT2D eigenvalue weighted by Crippen LogP contribution is -2.31. The van der Waals surface area contributed by atoms with E-state index in [1.165, 1.54) is 21.9 Å². The van der Waals surface area contributed by atoms with Gasteiger partial charge < -0.3 is 10.4 Å². The Labute approximate surface area is 129 Å². The summed E-state index contributed by atoms with van der Waals surface area (Å²) in [5.41, 5.74) is 0.134. The molecule has 6 nitrogen and oxygen atoms in total. The van der Waals surface area contributed by atoms with Crippen LogP contribution in [-0.2, 0) is 6.54 Å². The van der Waals surface area contributed by atoms with Crippen molar-refractivity contribution in [3.05, 3.63) is 62.2 Å². The first-order valence-electron chi connectivity index (χ1n) is 6.59. The number of aryl methyl sites for hydroxylation is 1. The van der Waals surface area contributed by atoms with Crippen molar-refractivity contribution in [1.82, 2.24) is 14.7 Å². The van der Waals surface area contributed by atoms with Crippen molar-refractivity contribution in [2.24, 2.45) is 0 Å².